The van der Waals surface area contributed by atoms with E-state index in [1.54, 1.807) is 20.3 Å². The third kappa shape index (κ3) is 5.92. The van der Waals surface area contributed by atoms with Gasteiger partial charge in [-0.25, -0.2) is 4.79 Å². The largest absolute Gasteiger partial charge is 0.497 e. The van der Waals surface area contributed by atoms with Gasteiger partial charge in [0, 0.05) is 18.5 Å². The van der Waals surface area contributed by atoms with E-state index in [9.17, 15) is 14.7 Å². The molecule has 1 fully saturated rings. The number of aliphatic carboxylic acids is 1. The highest BCUT2D eigenvalue weighted by molar-refractivity contribution is 5.88. The molecular weight excluding hydrogens is 510 g/mol. The molecule has 1 N–H and O–H groups in total. The van der Waals surface area contributed by atoms with Gasteiger partial charge in [0.05, 0.1) is 20.3 Å². The van der Waals surface area contributed by atoms with Crippen molar-refractivity contribution in [2.45, 2.75) is 63.5 Å². The molecule has 1 saturated carbocycles. The number of carboxylic acid groups (broad SMARTS) is 1. The first-order chi connectivity index (χ1) is 19.5. The van der Waals surface area contributed by atoms with Crippen LogP contribution >= 0.6 is 0 Å². The first kappa shape index (κ1) is 27.5. The monoisotopic (exact) mass is 545 g/mol. The first-order valence-corrected chi connectivity index (χ1v) is 13.7. The molecule has 1 heterocycles. The number of hydrogen-bond donors (Lipinski definition) is 1. The summed E-state index contributed by atoms with van der Waals surface area (Å²) in [6, 6.07) is 19.5. The van der Waals surface area contributed by atoms with E-state index < -0.39 is 18.1 Å². The predicted molar refractivity (Wildman–Crippen MR) is 149 cm³/mol. The number of rotatable bonds is 10. The van der Waals surface area contributed by atoms with Crippen LogP contribution in [0.15, 0.2) is 66.7 Å². The number of carbonyl (C=O) groups excluding carboxylic acids is 1. The fraction of sp³-hybridized carbons (Fsp3) is 0.375. The molecule has 40 heavy (non-hydrogen) atoms. The van der Waals surface area contributed by atoms with Crippen molar-refractivity contribution in [1.29, 1.82) is 0 Å². The van der Waals surface area contributed by atoms with Crippen LogP contribution in [0.5, 0.6) is 17.2 Å². The molecule has 0 aromatic heterocycles. The van der Waals surface area contributed by atoms with Crippen LogP contribution in [0.2, 0.25) is 0 Å². The molecule has 5 rings (SSSR count). The zero-order chi connectivity index (χ0) is 28.1. The van der Waals surface area contributed by atoms with E-state index in [0.717, 1.165) is 53.7 Å². The molecule has 210 valence electrons. The van der Waals surface area contributed by atoms with E-state index in [-0.39, 0.29) is 31.6 Å². The van der Waals surface area contributed by atoms with Gasteiger partial charge in [0.15, 0.2) is 17.6 Å². The van der Waals surface area contributed by atoms with Gasteiger partial charge in [0.2, 0.25) is 0 Å². The second-order valence-corrected chi connectivity index (χ2v) is 10.2. The Morgan fingerprint density at radius 1 is 0.950 bits per heavy atom. The lowest BCUT2D eigenvalue weighted by Crippen LogP contribution is -2.50. The molecule has 8 nitrogen and oxygen atoms in total. The van der Waals surface area contributed by atoms with Gasteiger partial charge in [-0.05, 0) is 47.7 Å². The van der Waals surface area contributed by atoms with Crippen molar-refractivity contribution in [2.24, 2.45) is 0 Å². The van der Waals surface area contributed by atoms with Crippen molar-refractivity contribution >= 4 is 11.9 Å². The quantitative estimate of drug-likeness (QED) is 0.368. The number of methoxy groups -OCH3 is 2. The number of ether oxygens (including phenoxy) is 4. The molecule has 0 unspecified atom stereocenters. The Morgan fingerprint density at radius 2 is 1.68 bits per heavy atom. The van der Waals surface area contributed by atoms with Gasteiger partial charge in [-0.15, -0.1) is 0 Å². The van der Waals surface area contributed by atoms with E-state index in [2.05, 4.69) is 0 Å². The average molecular weight is 546 g/mol. The fourth-order valence-electron chi connectivity index (χ4n) is 5.54. The molecule has 2 atom stereocenters. The maximum Gasteiger partial charge on any atom is 0.326 e. The van der Waals surface area contributed by atoms with Crippen molar-refractivity contribution in [1.82, 2.24) is 4.90 Å². The van der Waals surface area contributed by atoms with Gasteiger partial charge in [-0.3, -0.25) is 4.79 Å². The Morgan fingerprint density at radius 3 is 2.33 bits per heavy atom. The van der Waals surface area contributed by atoms with E-state index in [1.807, 2.05) is 60.7 Å². The summed E-state index contributed by atoms with van der Waals surface area (Å²) in [5.41, 5.74) is 3.21. The lowest BCUT2D eigenvalue weighted by molar-refractivity contribution is -0.160. The highest BCUT2D eigenvalue weighted by atomic mass is 16.5. The molecule has 0 saturated heterocycles. The molecule has 1 aliphatic carbocycles. The van der Waals surface area contributed by atoms with Gasteiger partial charge in [-0.1, -0.05) is 61.4 Å². The van der Waals surface area contributed by atoms with Crippen LogP contribution in [0.4, 0.5) is 0 Å². The molecule has 0 spiro atoms. The minimum atomic E-state index is -1.08. The van der Waals surface area contributed by atoms with Crippen molar-refractivity contribution in [2.75, 3.05) is 14.2 Å². The number of hydrogen-bond acceptors (Lipinski definition) is 6. The maximum atomic E-state index is 14.1. The van der Waals surface area contributed by atoms with Gasteiger partial charge in [0.25, 0.3) is 5.91 Å². The molecule has 1 amide bonds. The number of carbonyl (C=O) groups is 2. The molecule has 3 aromatic rings. The minimum Gasteiger partial charge on any atom is -0.497 e. The third-order valence-corrected chi connectivity index (χ3v) is 7.72. The smallest absolute Gasteiger partial charge is 0.326 e. The molecule has 3 aromatic carbocycles. The van der Waals surface area contributed by atoms with Crippen LogP contribution in [0, 0.1) is 0 Å². The standard InChI is InChI=1S/C32H35NO7/c1-37-24-15-12-21(13-16-24)20-39-30-26-18-27(32(35)36)33(19-23(26)14-17-28(30)38-2)31(34)29(22-8-4-3-5-9-22)40-25-10-6-7-11-25/h3-5,8-9,12-17,25,27,29H,6-7,10-11,18-20H2,1-2H3,(H,35,36)/t27-,29+/m0/s1. The minimum absolute atomic E-state index is 0.0169. The third-order valence-electron chi connectivity index (χ3n) is 7.72. The fourth-order valence-corrected chi connectivity index (χ4v) is 5.54. The Bertz CT molecular complexity index is 1320. The number of carboxylic acids is 1. The summed E-state index contributed by atoms with van der Waals surface area (Å²) in [4.78, 5) is 28.1. The van der Waals surface area contributed by atoms with Gasteiger partial charge in [-0.2, -0.15) is 0 Å². The van der Waals surface area contributed by atoms with Crippen molar-refractivity contribution in [3.63, 3.8) is 0 Å². The molecule has 2 aliphatic rings. The summed E-state index contributed by atoms with van der Waals surface area (Å²) in [6.45, 7) is 0.397. The summed E-state index contributed by atoms with van der Waals surface area (Å²) >= 11 is 0. The van der Waals surface area contributed by atoms with E-state index in [4.69, 9.17) is 18.9 Å². The number of fused-ring (bicyclic) bond motifs is 1. The summed E-state index contributed by atoms with van der Waals surface area (Å²) in [6.07, 6.45) is 3.14. The second kappa shape index (κ2) is 12.4. The van der Waals surface area contributed by atoms with E-state index in [1.165, 1.54) is 4.90 Å². The summed E-state index contributed by atoms with van der Waals surface area (Å²) in [5, 5.41) is 10.3. The normalized spacial score (nSPS) is 17.6. The average Bonchev–Trinajstić information content (AvgIpc) is 3.51. The maximum absolute atomic E-state index is 14.1. The lowest BCUT2D eigenvalue weighted by Gasteiger charge is -2.37. The van der Waals surface area contributed by atoms with Gasteiger partial charge >= 0.3 is 5.97 Å². The van der Waals surface area contributed by atoms with Crippen LogP contribution in [0.1, 0.15) is 54.0 Å². The van der Waals surface area contributed by atoms with Crippen LogP contribution in [0.25, 0.3) is 0 Å². The summed E-state index contributed by atoms with van der Waals surface area (Å²) in [5.74, 6) is 0.348. The highest BCUT2D eigenvalue weighted by Gasteiger charge is 2.41. The van der Waals surface area contributed by atoms with Crippen LogP contribution in [-0.2, 0) is 33.9 Å². The van der Waals surface area contributed by atoms with Crippen LogP contribution < -0.4 is 14.2 Å². The van der Waals surface area contributed by atoms with Gasteiger partial charge < -0.3 is 29.0 Å². The molecule has 0 radical (unpaired) electrons. The van der Waals surface area contributed by atoms with Crippen molar-refractivity contribution in [3.05, 3.63) is 89.0 Å². The zero-order valence-electron chi connectivity index (χ0n) is 22.9. The van der Waals surface area contributed by atoms with E-state index >= 15 is 0 Å². The summed E-state index contributed by atoms with van der Waals surface area (Å²) < 4.78 is 23.4. The number of amides is 1. The predicted octanol–water partition coefficient (Wildman–Crippen LogP) is 5.32. The summed E-state index contributed by atoms with van der Waals surface area (Å²) in [7, 11) is 3.17. The molecular formula is C32H35NO7. The van der Waals surface area contributed by atoms with Crippen LogP contribution in [0.3, 0.4) is 0 Å². The van der Waals surface area contributed by atoms with Gasteiger partial charge in [0.1, 0.15) is 18.4 Å². The molecule has 0 bridgehead atoms. The Labute approximate surface area is 234 Å². The Hall–Kier alpha value is -4.04. The topological polar surface area (TPSA) is 94.5 Å². The number of nitrogens with zero attached hydrogens (tertiary/aromatic N) is 1. The first-order valence-electron chi connectivity index (χ1n) is 13.7. The zero-order valence-corrected chi connectivity index (χ0v) is 22.9. The number of benzene rings is 3. The Balaban J connectivity index is 1.44. The molecule has 8 heteroatoms. The van der Waals surface area contributed by atoms with Crippen molar-refractivity contribution < 1.29 is 33.6 Å². The van der Waals surface area contributed by atoms with Crippen LogP contribution in [-0.4, -0.2) is 48.2 Å². The SMILES string of the molecule is COc1ccc(COc2c(OC)ccc3c2C[C@@H](C(=O)O)N(C(=O)[C@H](OC2CCCC2)c2ccccc2)C3)cc1. The Kier molecular flexibility index (Phi) is 8.55. The highest BCUT2D eigenvalue weighted by Crippen LogP contribution is 2.40. The van der Waals surface area contributed by atoms with Crippen molar-refractivity contribution in [3.8, 4) is 17.2 Å². The lowest BCUT2D eigenvalue weighted by atomic mass is 9.91. The second-order valence-electron chi connectivity index (χ2n) is 10.2. The van der Waals surface area contributed by atoms with E-state index in [0.29, 0.717) is 11.5 Å². The molecule has 1 aliphatic heterocycles.